The summed E-state index contributed by atoms with van der Waals surface area (Å²) in [4.78, 5) is 37.6. The van der Waals surface area contributed by atoms with E-state index in [1.165, 1.54) is 12.5 Å². The number of hydrogen-bond donors (Lipinski definition) is 0. The Kier molecular flexibility index (Phi) is 5.13. The van der Waals surface area contributed by atoms with Crippen LogP contribution in [0.3, 0.4) is 0 Å². The maximum Gasteiger partial charge on any atom is 0.337 e. The van der Waals surface area contributed by atoms with Crippen LogP contribution in [-0.4, -0.2) is 41.6 Å². The number of carbonyl (C=O) groups is 3. The van der Waals surface area contributed by atoms with Crippen LogP contribution in [-0.2, 0) is 28.6 Å². The highest BCUT2D eigenvalue weighted by molar-refractivity contribution is 5.98. The molecule has 6 heteroatoms. The van der Waals surface area contributed by atoms with Gasteiger partial charge in [0.15, 0.2) is 5.78 Å². The van der Waals surface area contributed by atoms with Crippen LogP contribution in [0.4, 0.5) is 0 Å². The predicted octanol–water partition coefficient (Wildman–Crippen LogP) is 5.02. The van der Waals surface area contributed by atoms with E-state index < -0.39 is 23.0 Å². The van der Waals surface area contributed by atoms with Crippen molar-refractivity contribution in [3.05, 3.63) is 34.9 Å². The minimum absolute atomic E-state index is 0.0137. The highest BCUT2D eigenvalue weighted by Gasteiger charge is 2.77. The van der Waals surface area contributed by atoms with Gasteiger partial charge in [-0.1, -0.05) is 30.2 Å². The van der Waals surface area contributed by atoms with Crippen molar-refractivity contribution < 1.29 is 28.6 Å². The Balaban J connectivity index is 1.34. The van der Waals surface area contributed by atoms with E-state index in [4.69, 9.17) is 14.2 Å². The lowest BCUT2D eigenvalue weighted by Crippen LogP contribution is -2.60. The molecule has 0 aromatic heterocycles. The van der Waals surface area contributed by atoms with Gasteiger partial charge in [0, 0.05) is 18.8 Å². The Labute approximate surface area is 213 Å². The van der Waals surface area contributed by atoms with Crippen molar-refractivity contribution in [2.45, 2.75) is 96.9 Å². The molecule has 0 amide bonds. The van der Waals surface area contributed by atoms with Crippen molar-refractivity contribution in [2.75, 3.05) is 6.61 Å². The van der Waals surface area contributed by atoms with E-state index in [1.807, 2.05) is 13.0 Å². The van der Waals surface area contributed by atoms with Crippen LogP contribution in [0.25, 0.3) is 0 Å². The second-order valence-electron chi connectivity index (χ2n) is 12.7. The normalized spacial score (nSPS) is 47.1. The molecule has 2 bridgehead atoms. The molecule has 194 valence electrons. The van der Waals surface area contributed by atoms with Crippen molar-refractivity contribution >= 4 is 17.7 Å². The molecule has 0 aromatic carbocycles. The molecule has 1 saturated heterocycles. The topological polar surface area (TPSA) is 78.9 Å². The highest BCUT2D eigenvalue weighted by atomic mass is 16.6. The quantitative estimate of drug-likeness (QED) is 0.405. The molecule has 0 unspecified atom stereocenters. The monoisotopic (exact) mass is 494 g/mol. The maximum atomic E-state index is 13.3. The third kappa shape index (κ3) is 2.85. The third-order valence-electron chi connectivity index (χ3n) is 11.4. The van der Waals surface area contributed by atoms with Crippen molar-refractivity contribution in [1.82, 2.24) is 0 Å². The first-order chi connectivity index (χ1) is 17.0. The molecule has 0 radical (unpaired) electrons. The number of ether oxygens (including phenoxy) is 3. The van der Waals surface area contributed by atoms with Crippen LogP contribution in [0.2, 0.25) is 0 Å². The molecule has 0 aromatic rings. The second kappa shape index (κ2) is 7.66. The second-order valence-corrected chi connectivity index (χ2v) is 12.7. The summed E-state index contributed by atoms with van der Waals surface area (Å²) in [6.07, 6.45) is 12.3. The first-order valence-corrected chi connectivity index (χ1v) is 13.6. The fourth-order valence-electron chi connectivity index (χ4n) is 9.51. The molecule has 2 aliphatic heterocycles. The van der Waals surface area contributed by atoms with Crippen LogP contribution in [0, 0.1) is 28.6 Å². The van der Waals surface area contributed by atoms with Crippen molar-refractivity contribution in [2.24, 2.45) is 28.6 Å². The van der Waals surface area contributed by atoms with Gasteiger partial charge in [-0.2, -0.15) is 0 Å². The van der Waals surface area contributed by atoms with E-state index in [9.17, 15) is 14.4 Å². The Morgan fingerprint density at radius 2 is 1.92 bits per heavy atom. The van der Waals surface area contributed by atoms with Crippen LogP contribution >= 0.6 is 0 Å². The lowest BCUT2D eigenvalue weighted by atomic mass is 9.46. The van der Waals surface area contributed by atoms with E-state index in [0.29, 0.717) is 12.0 Å². The van der Waals surface area contributed by atoms with E-state index in [1.54, 1.807) is 6.08 Å². The van der Waals surface area contributed by atoms with Crippen molar-refractivity contribution in [1.29, 1.82) is 0 Å². The highest BCUT2D eigenvalue weighted by Crippen LogP contribution is 2.75. The van der Waals surface area contributed by atoms with Crippen LogP contribution < -0.4 is 0 Å². The first kappa shape index (κ1) is 24.1. The largest absolute Gasteiger partial charge is 0.461 e. The summed E-state index contributed by atoms with van der Waals surface area (Å²) in [5.74, 6) is 0.264. The average molecular weight is 495 g/mol. The number of allylic oxidation sites excluding steroid dienone is 4. The summed E-state index contributed by atoms with van der Waals surface area (Å²) in [5.41, 5.74) is 1.28. The number of carbonyl (C=O) groups excluding carboxylic acids is 3. The fraction of sp³-hybridized carbons (Fsp3) is 0.700. The molecule has 6 aliphatic rings. The molecule has 8 atom stereocenters. The summed E-state index contributed by atoms with van der Waals surface area (Å²) in [6.45, 7) is 9.95. The SMILES string of the molecule is CC(=O)OCC1=C(C)C[C@H]([C@]2(C)O[C@@]34CC[C@@H]2[C@@]3(C)CC[C@H]2[C@H]4CC=C3CC=CC(=O)[C@@]32C)OC1=O. The number of esters is 2. The Bertz CT molecular complexity index is 1150. The molecule has 36 heavy (non-hydrogen) atoms. The number of hydrogen-bond acceptors (Lipinski definition) is 6. The molecular formula is C30H38O6. The predicted molar refractivity (Wildman–Crippen MR) is 133 cm³/mol. The van der Waals surface area contributed by atoms with E-state index in [2.05, 4.69) is 26.8 Å². The van der Waals surface area contributed by atoms with E-state index in [-0.39, 0.29) is 47.3 Å². The third-order valence-corrected chi connectivity index (χ3v) is 11.4. The molecule has 0 N–H and O–H groups in total. The summed E-state index contributed by atoms with van der Waals surface area (Å²) in [5, 5.41) is 0. The molecule has 6 nitrogen and oxygen atoms in total. The number of fused-ring (bicyclic) bond motifs is 3. The Morgan fingerprint density at radius 3 is 2.64 bits per heavy atom. The van der Waals surface area contributed by atoms with Crippen molar-refractivity contribution in [3.63, 3.8) is 0 Å². The summed E-state index contributed by atoms with van der Waals surface area (Å²) < 4.78 is 18.5. The van der Waals surface area contributed by atoms with Gasteiger partial charge in [0.25, 0.3) is 0 Å². The van der Waals surface area contributed by atoms with Gasteiger partial charge in [0.2, 0.25) is 0 Å². The zero-order valence-electron chi connectivity index (χ0n) is 22.1. The van der Waals surface area contributed by atoms with Crippen molar-refractivity contribution in [3.8, 4) is 0 Å². The van der Waals surface area contributed by atoms with Gasteiger partial charge in [-0.15, -0.1) is 0 Å². The number of rotatable bonds is 3. The lowest BCUT2D eigenvalue weighted by Gasteiger charge is -2.59. The lowest BCUT2D eigenvalue weighted by molar-refractivity contribution is -0.231. The minimum Gasteiger partial charge on any atom is -0.461 e. The molecule has 4 aliphatic carbocycles. The summed E-state index contributed by atoms with van der Waals surface area (Å²) >= 11 is 0. The van der Waals surface area contributed by atoms with Gasteiger partial charge in [0.1, 0.15) is 18.3 Å². The Morgan fingerprint density at radius 1 is 1.14 bits per heavy atom. The summed E-state index contributed by atoms with van der Waals surface area (Å²) in [6, 6.07) is 0. The zero-order chi connectivity index (χ0) is 25.7. The molecule has 2 heterocycles. The molecule has 6 rings (SSSR count). The maximum absolute atomic E-state index is 13.3. The molecular weight excluding hydrogens is 456 g/mol. The number of ketones is 1. The first-order valence-electron chi connectivity index (χ1n) is 13.6. The molecule has 2 saturated carbocycles. The van der Waals surface area contributed by atoms with Crippen LogP contribution in [0.1, 0.15) is 79.6 Å². The van der Waals surface area contributed by atoms with Crippen LogP contribution in [0.15, 0.2) is 34.9 Å². The van der Waals surface area contributed by atoms with E-state index >= 15 is 0 Å². The molecule has 0 spiro atoms. The Hall–Kier alpha value is -2.21. The summed E-state index contributed by atoms with van der Waals surface area (Å²) in [7, 11) is 0. The van der Waals surface area contributed by atoms with E-state index in [0.717, 1.165) is 44.1 Å². The zero-order valence-corrected chi connectivity index (χ0v) is 22.1. The standard InChI is InChI=1S/C30H38O6/c1-17-15-25(35-26(33)20(17)16-34-18(2)31)29(5)23-12-14-30(36-29)22-10-9-19-7-6-8-24(32)28(19,4)21(22)11-13-27(23,30)3/h6,8-9,21-23,25H,7,10-16H2,1-5H3/t21-,22+,23+,25+,27+,28-,29+,30+/m0/s1. The fourth-order valence-corrected chi connectivity index (χ4v) is 9.51. The van der Waals surface area contributed by atoms with Crippen LogP contribution in [0.5, 0.6) is 0 Å². The van der Waals surface area contributed by atoms with Gasteiger partial charge in [-0.25, -0.2) is 4.79 Å². The average Bonchev–Trinajstić information content (AvgIpc) is 3.22. The minimum atomic E-state index is -0.590. The van der Waals surface area contributed by atoms with Gasteiger partial charge in [0.05, 0.1) is 16.6 Å². The van der Waals surface area contributed by atoms with Gasteiger partial charge >= 0.3 is 11.9 Å². The van der Waals surface area contributed by atoms with Gasteiger partial charge in [-0.05, 0) is 83.1 Å². The number of cyclic esters (lactones) is 1. The smallest absolute Gasteiger partial charge is 0.337 e. The molecule has 3 fully saturated rings. The van der Waals surface area contributed by atoms with Gasteiger partial charge < -0.3 is 14.2 Å². The van der Waals surface area contributed by atoms with Gasteiger partial charge in [-0.3, -0.25) is 9.59 Å².